The van der Waals surface area contributed by atoms with Gasteiger partial charge in [-0.2, -0.15) is 5.10 Å². The third-order valence-corrected chi connectivity index (χ3v) is 2.22. The van der Waals surface area contributed by atoms with E-state index in [1.165, 1.54) is 6.07 Å². The average molecular weight is 189 g/mol. The number of hydrogen-bond acceptors (Lipinski definition) is 1. The van der Waals surface area contributed by atoms with Crippen molar-refractivity contribution in [3.8, 4) is 11.3 Å². The predicted molar refractivity (Wildman–Crippen MR) is 53.1 cm³/mol. The largest absolute Gasteiger partial charge is 0.268 e. The third kappa shape index (κ3) is 1.31. The molecule has 0 saturated carbocycles. The van der Waals surface area contributed by atoms with E-state index >= 15 is 0 Å². The molecule has 2 nitrogen and oxygen atoms in total. The van der Waals surface area contributed by atoms with Crippen LogP contribution in [0.4, 0.5) is 4.39 Å². The smallest absolute Gasteiger partial charge is 0.127 e. The molecule has 1 radical (unpaired) electrons. The van der Waals surface area contributed by atoms with Crippen LogP contribution in [0.5, 0.6) is 0 Å². The highest BCUT2D eigenvalue weighted by Crippen LogP contribution is 2.23. The lowest BCUT2D eigenvalue weighted by molar-refractivity contribution is 0.623. The Morgan fingerprint density at radius 2 is 2.14 bits per heavy atom. The SMILES string of the molecule is [CH2]c1c(F)cccc1-c1ccnn1C. The second-order valence-electron chi connectivity index (χ2n) is 3.11. The quantitative estimate of drug-likeness (QED) is 0.673. The summed E-state index contributed by atoms with van der Waals surface area (Å²) in [4.78, 5) is 0. The third-order valence-electron chi connectivity index (χ3n) is 2.22. The van der Waals surface area contributed by atoms with Gasteiger partial charge in [0.25, 0.3) is 0 Å². The van der Waals surface area contributed by atoms with Crippen LogP contribution in [0.15, 0.2) is 30.5 Å². The van der Waals surface area contributed by atoms with E-state index in [0.29, 0.717) is 5.56 Å². The van der Waals surface area contributed by atoms with Crippen molar-refractivity contribution in [2.75, 3.05) is 0 Å². The molecule has 1 heterocycles. The molecule has 0 aliphatic carbocycles. The van der Waals surface area contributed by atoms with Crippen molar-refractivity contribution in [3.63, 3.8) is 0 Å². The normalized spacial score (nSPS) is 10.5. The Labute approximate surface area is 82.0 Å². The summed E-state index contributed by atoms with van der Waals surface area (Å²) in [5, 5.41) is 4.03. The zero-order valence-electron chi connectivity index (χ0n) is 7.87. The molecular formula is C11H10FN2. The lowest BCUT2D eigenvalue weighted by atomic mass is 10.1. The standard InChI is InChI=1S/C11H10FN2/c1-8-9(4-3-5-10(8)12)11-6-7-13-14(11)2/h3-7H,1H2,2H3. The minimum absolute atomic E-state index is 0.288. The summed E-state index contributed by atoms with van der Waals surface area (Å²) >= 11 is 0. The van der Waals surface area contributed by atoms with Crippen molar-refractivity contribution >= 4 is 0 Å². The van der Waals surface area contributed by atoms with Crippen molar-refractivity contribution in [2.24, 2.45) is 7.05 Å². The van der Waals surface area contributed by atoms with E-state index in [1.807, 2.05) is 19.2 Å². The Bertz CT molecular complexity index is 460. The number of aryl methyl sites for hydroxylation is 1. The molecule has 0 fully saturated rings. The summed E-state index contributed by atoms with van der Waals surface area (Å²) in [6.45, 7) is 3.70. The number of rotatable bonds is 1. The van der Waals surface area contributed by atoms with Crippen LogP contribution in [0.3, 0.4) is 0 Å². The Morgan fingerprint density at radius 1 is 1.36 bits per heavy atom. The van der Waals surface area contributed by atoms with Crippen LogP contribution < -0.4 is 0 Å². The topological polar surface area (TPSA) is 17.8 Å². The molecule has 0 spiro atoms. The van der Waals surface area contributed by atoms with Gasteiger partial charge < -0.3 is 0 Å². The molecule has 1 aromatic carbocycles. The molecular weight excluding hydrogens is 179 g/mol. The Kier molecular flexibility index (Phi) is 2.08. The van der Waals surface area contributed by atoms with Gasteiger partial charge in [0.1, 0.15) is 5.82 Å². The van der Waals surface area contributed by atoms with Crippen LogP contribution >= 0.6 is 0 Å². The molecule has 0 aliphatic rings. The Morgan fingerprint density at radius 3 is 2.79 bits per heavy atom. The molecule has 0 bridgehead atoms. The summed E-state index contributed by atoms with van der Waals surface area (Å²) in [7, 11) is 1.82. The molecule has 1 aromatic heterocycles. The molecule has 0 N–H and O–H groups in total. The van der Waals surface area contributed by atoms with Gasteiger partial charge >= 0.3 is 0 Å². The summed E-state index contributed by atoms with van der Waals surface area (Å²) in [6.07, 6.45) is 1.68. The fourth-order valence-corrected chi connectivity index (χ4v) is 1.44. The number of nitrogens with zero attached hydrogens (tertiary/aromatic N) is 2. The van der Waals surface area contributed by atoms with Crippen molar-refractivity contribution in [2.45, 2.75) is 0 Å². The summed E-state index contributed by atoms with van der Waals surface area (Å²) < 4.78 is 14.9. The highest BCUT2D eigenvalue weighted by Gasteiger charge is 2.08. The molecule has 0 saturated heterocycles. The fourth-order valence-electron chi connectivity index (χ4n) is 1.44. The molecule has 71 valence electrons. The minimum Gasteiger partial charge on any atom is -0.268 e. The molecule has 0 amide bonds. The monoisotopic (exact) mass is 189 g/mol. The van der Waals surface area contributed by atoms with Gasteiger partial charge in [-0.1, -0.05) is 12.1 Å². The van der Waals surface area contributed by atoms with E-state index in [4.69, 9.17) is 0 Å². The van der Waals surface area contributed by atoms with Crippen molar-refractivity contribution in [3.05, 3.63) is 48.8 Å². The van der Waals surface area contributed by atoms with Crippen LogP contribution in [-0.4, -0.2) is 9.78 Å². The van der Waals surface area contributed by atoms with E-state index < -0.39 is 0 Å². The molecule has 14 heavy (non-hydrogen) atoms. The number of halogens is 1. The van der Waals surface area contributed by atoms with E-state index in [2.05, 4.69) is 12.0 Å². The Balaban J connectivity index is 2.63. The zero-order valence-corrected chi connectivity index (χ0v) is 7.87. The van der Waals surface area contributed by atoms with E-state index in [1.54, 1.807) is 16.9 Å². The summed E-state index contributed by atoms with van der Waals surface area (Å²) in [5.41, 5.74) is 2.07. The molecule has 2 aromatic rings. The first-order valence-corrected chi connectivity index (χ1v) is 4.29. The average Bonchev–Trinajstić information content (AvgIpc) is 2.57. The summed E-state index contributed by atoms with van der Waals surface area (Å²) in [6, 6.07) is 6.75. The lowest BCUT2D eigenvalue weighted by Crippen LogP contribution is -1.96. The van der Waals surface area contributed by atoms with Gasteiger partial charge in [0.05, 0.1) is 5.69 Å². The highest BCUT2D eigenvalue weighted by molar-refractivity contribution is 5.64. The van der Waals surface area contributed by atoms with E-state index in [9.17, 15) is 4.39 Å². The number of hydrogen-bond donors (Lipinski definition) is 0. The van der Waals surface area contributed by atoms with Gasteiger partial charge in [-0.05, 0) is 24.6 Å². The van der Waals surface area contributed by atoms with Crippen molar-refractivity contribution in [1.82, 2.24) is 9.78 Å². The maximum atomic E-state index is 13.2. The first kappa shape index (κ1) is 8.94. The van der Waals surface area contributed by atoms with Crippen molar-refractivity contribution in [1.29, 1.82) is 0 Å². The maximum Gasteiger partial charge on any atom is 0.127 e. The van der Waals surface area contributed by atoms with Crippen LogP contribution in [0.25, 0.3) is 11.3 Å². The molecule has 3 heteroatoms. The molecule has 0 atom stereocenters. The summed E-state index contributed by atoms with van der Waals surface area (Å²) in [5.74, 6) is -0.288. The van der Waals surface area contributed by atoms with Gasteiger partial charge in [-0.25, -0.2) is 4.39 Å². The Hall–Kier alpha value is -1.64. The molecule has 0 unspecified atom stereocenters. The predicted octanol–water partition coefficient (Wildman–Crippen LogP) is 2.41. The fraction of sp³-hybridized carbons (Fsp3) is 0.0909. The maximum absolute atomic E-state index is 13.2. The van der Waals surface area contributed by atoms with E-state index in [0.717, 1.165) is 11.3 Å². The van der Waals surface area contributed by atoms with E-state index in [-0.39, 0.29) is 5.82 Å². The second-order valence-corrected chi connectivity index (χ2v) is 3.11. The van der Waals surface area contributed by atoms with Crippen molar-refractivity contribution < 1.29 is 4.39 Å². The van der Waals surface area contributed by atoms with Crippen LogP contribution in [0.2, 0.25) is 0 Å². The van der Waals surface area contributed by atoms with Gasteiger partial charge in [0.15, 0.2) is 0 Å². The van der Waals surface area contributed by atoms with Gasteiger partial charge in [-0.3, -0.25) is 4.68 Å². The van der Waals surface area contributed by atoms with Gasteiger partial charge in [0.2, 0.25) is 0 Å². The molecule has 0 aliphatic heterocycles. The minimum atomic E-state index is -0.288. The zero-order chi connectivity index (χ0) is 10.1. The lowest BCUT2D eigenvalue weighted by Gasteiger charge is -2.06. The first-order valence-electron chi connectivity index (χ1n) is 4.29. The second kappa shape index (κ2) is 3.25. The molecule has 2 rings (SSSR count). The first-order chi connectivity index (χ1) is 6.70. The van der Waals surface area contributed by atoms with Crippen LogP contribution in [0, 0.1) is 12.7 Å². The highest BCUT2D eigenvalue weighted by atomic mass is 19.1. The number of aromatic nitrogens is 2. The van der Waals surface area contributed by atoms with Gasteiger partial charge in [-0.15, -0.1) is 0 Å². The van der Waals surface area contributed by atoms with Crippen LogP contribution in [0.1, 0.15) is 5.56 Å². The van der Waals surface area contributed by atoms with Crippen LogP contribution in [-0.2, 0) is 7.05 Å². The number of benzene rings is 1. The van der Waals surface area contributed by atoms with Gasteiger partial charge in [0, 0.05) is 18.8 Å².